The number of non-ortho nitro benzene ring substituents is 1. The van der Waals surface area contributed by atoms with Gasteiger partial charge in [0.25, 0.3) is 11.6 Å². The summed E-state index contributed by atoms with van der Waals surface area (Å²) in [6.45, 7) is 1.67. The monoisotopic (exact) mass is 585 g/mol. The first kappa shape index (κ1) is 29.5. The summed E-state index contributed by atoms with van der Waals surface area (Å²) in [5, 5.41) is 34.4. The predicted molar refractivity (Wildman–Crippen MR) is 156 cm³/mol. The third-order valence-corrected chi connectivity index (χ3v) is 7.39. The van der Waals surface area contributed by atoms with Crippen molar-refractivity contribution in [1.29, 1.82) is 0 Å². The Morgan fingerprint density at radius 1 is 0.810 bits per heavy atom. The number of nitro benzene ring substituents is 1. The number of nitro groups is 1. The van der Waals surface area contributed by atoms with Crippen LogP contribution >= 0.6 is 11.8 Å². The van der Waals surface area contributed by atoms with Gasteiger partial charge >= 0.3 is 11.9 Å². The van der Waals surface area contributed by atoms with Crippen LogP contribution in [0.4, 0.5) is 17.1 Å². The maximum atomic E-state index is 13.4. The quantitative estimate of drug-likeness (QED) is 0.0984. The van der Waals surface area contributed by atoms with Crippen LogP contribution in [0.25, 0.3) is 0 Å². The summed E-state index contributed by atoms with van der Waals surface area (Å²) in [5.74, 6) is -3.83. The molecule has 42 heavy (non-hydrogen) atoms. The zero-order valence-corrected chi connectivity index (χ0v) is 22.8. The molecule has 1 atom stereocenters. The second kappa shape index (κ2) is 12.8. The van der Waals surface area contributed by atoms with E-state index in [9.17, 15) is 34.4 Å². The first-order valence-electron chi connectivity index (χ1n) is 12.3. The van der Waals surface area contributed by atoms with Gasteiger partial charge in [-0.15, -0.1) is 11.8 Å². The second-order valence-corrected chi connectivity index (χ2v) is 10.2. The van der Waals surface area contributed by atoms with Gasteiger partial charge in [0.2, 0.25) is 5.91 Å². The van der Waals surface area contributed by atoms with E-state index in [4.69, 9.17) is 5.11 Å². The van der Waals surface area contributed by atoms with Gasteiger partial charge in [-0.1, -0.05) is 30.3 Å². The number of nitrogens with one attached hydrogen (secondary N) is 2. The van der Waals surface area contributed by atoms with Crippen LogP contribution in [0.2, 0.25) is 0 Å². The average Bonchev–Trinajstić information content (AvgIpc) is 2.97. The number of carbonyl (C=O) groups excluding carboxylic acids is 2. The number of nitrogens with zero attached hydrogens (tertiary/aromatic N) is 1. The first-order chi connectivity index (χ1) is 20.0. The first-order valence-corrected chi connectivity index (χ1v) is 13.2. The molecule has 0 heterocycles. The molecule has 4 N–H and O–H groups in total. The van der Waals surface area contributed by atoms with Crippen LogP contribution in [-0.4, -0.2) is 38.9 Å². The fraction of sp³-hybridized carbons (Fsp3) is 0.0667. The molecular weight excluding hydrogens is 562 g/mol. The number of aryl methyl sites for hydroxylation is 1. The highest BCUT2D eigenvalue weighted by Crippen LogP contribution is 2.37. The molecule has 1 unspecified atom stereocenters. The fourth-order valence-corrected chi connectivity index (χ4v) is 5.03. The summed E-state index contributed by atoms with van der Waals surface area (Å²) in [7, 11) is 0. The van der Waals surface area contributed by atoms with Crippen LogP contribution in [0.5, 0.6) is 0 Å². The van der Waals surface area contributed by atoms with Crippen LogP contribution in [0.15, 0.2) is 95.9 Å². The van der Waals surface area contributed by atoms with Crippen molar-refractivity contribution in [2.45, 2.75) is 17.1 Å². The number of anilines is 2. The zero-order chi connectivity index (χ0) is 30.4. The molecule has 0 radical (unpaired) electrons. The number of carboxylic acids is 2. The van der Waals surface area contributed by atoms with Gasteiger partial charge in [0, 0.05) is 28.4 Å². The summed E-state index contributed by atoms with van der Waals surface area (Å²) in [5.41, 5.74) is 1.08. The third kappa shape index (κ3) is 6.98. The smallest absolute Gasteiger partial charge is 0.336 e. The lowest BCUT2D eigenvalue weighted by Crippen LogP contribution is -2.19. The summed E-state index contributed by atoms with van der Waals surface area (Å²) in [6.07, 6.45) is 0. The van der Waals surface area contributed by atoms with E-state index in [1.807, 2.05) is 18.2 Å². The van der Waals surface area contributed by atoms with Crippen molar-refractivity contribution in [2.24, 2.45) is 0 Å². The van der Waals surface area contributed by atoms with Crippen LogP contribution in [0.1, 0.15) is 47.5 Å². The molecule has 4 aromatic carbocycles. The Bertz CT molecular complexity index is 1690. The molecule has 0 fully saturated rings. The molecule has 2 amide bonds. The van der Waals surface area contributed by atoms with Gasteiger partial charge in [-0.05, 0) is 66.6 Å². The Hall–Kier alpha value is -5.49. The number of carboxylic acid groups (broad SMARTS) is 2. The van der Waals surface area contributed by atoms with Crippen molar-refractivity contribution in [3.8, 4) is 0 Å². The van der Waals surface area contributed by atoms with Gasteiger partial charge < -0.3 is 20.8 Å². The van der Waals surface area contributed by atoms with E-state index in [0.29, 0.717) is 21.8 Å². The lowest BCUT2D eigenvalue weighted by Gasteiger charge is -2.18. The predicted octanol–water partition coefficient (Wildman–Crippen LogP) is 6.02. The highest BCUT2D eigenvalue weighted by molar-refractivity contribution is 8.00. The minimum Gasteiger partial charge on any atom is -0.478 e. The van der Waals surface area contributed by atoms with Crippen molar-refractivity contribution < 1.29 is 34.3 Å². The van der Waals surface area contributed by atoms with Crippen LogP contribution in [0.3, 0.4) is 0 Å². The topological polar surface area (TPSA) is 176 Å². The van der Waals surface area contributed by atoms with Crippen molar-refractivity contribution >= 4 is 52.6 Å². The summed E-state index contributed by atoms with van der Waals surface area (Å²) >= 11 is 1.25. The average molecular weight is 586 g/mol. The van der Waals surface area contributed by atoms with Crippen molar-refractivity contribution in [3.63, 3.8) is 0 Å². The Balaban J connectivity index is 1.52. The van der Waals surface area contributed by atoms with E-state index in [2.05, 4.69) is 10.6 Å². The molecule has 0 bridgehead atoms. The molecule has 0 saturated heterocycles. The number of benzene rings is 4. The van der Waals surface area contributed by atoms with Gasteiger partial charge in [-0.25, -0.2) is 9.59 Å². The van der Waals surface area contributed by atoms with Gasteiger partial charge in [0.15, 0.2) is 0 Å². The van der Waals surface area contributed by atoms with E-state index in [-0.39, 0.29) is 22.7 Å². The third-order valence-electron chi connectivity index (χ3n) is 6.13. The van der Waals surface area contributed by atoms with E-state index < -0.39 is 33.6 Å². The highest BCUT2D eigenvalue weighted by atomic mass is 32.2. The molecule has 4 aromatic rings. The van der Waals surface area contributed by atoms with Crippen molar-refractivity contribution in [1.82, 2.24) is 0 Å². The van der Waals surface area contributed by atoms with Crippen LogP contribution < -0.4 is 10.6 Å². The van der Waals surface area contributed by atoms with E-state index in [1.54, 1.807) is 43.3 Å². The van der Waals surface area contributed by atoms with Gasteiger partial charge in [0.05, 0.1) is 21.6 Å². The molecule has 0 spiro atoms. The molecule has 11 nitrogen and oxygen atoms in total. The van der Waals surface area contributed by atoms with E-state index >= 15 is 0 Å². The number of rotatable bonds is 10. The summed E-state index contributed by atoms with van der Waals surface area (Å²) in [6, 6.07) is 23.0. The number of thioether (sulfide) groups is 1. The van der Waals surface area contributed by atoms with Gasteiger partial charge in [-0.3, -0.25) is 19.7 Å². The largest absolute Gasteiger partial charge is 0.478 e. The minimum atomic E-state index is -1.44. The van der Waals surface area contributed by atoms with Crippen molar-refractivity contribution in [3.05, 3.63) is 129 Å². The molecule has 0 aliphatic heterocycles. The van der Waals surface area contributed by atoms with Gasteiger partial charge in [-0.2, -0.15) is 0 Å². The number of amides is 2. The van der Waals surface area contributed by atoms with Crippen molar-refractivity contribution in [2.75, 3.05) is 10.6 Å². The highest BCUT2D eigenvalue weighted by Gasteiger charge is 2.24. The zero-order valence-electron chi connectivity index (χ0n) is 21.9. The lowest BCUT2D eigenvalue weighted by atomic mass is 10.0. The Kier molecular flexibility index (Phi) is 8.98. The SMILES string of the molecule is Cc1cc([N+](=O)[O-])ccc1NC(=O)C(Sc1ccc(NC(=O)c2ccc(C(=O)O)cc2C(=O)O)cc1)c1ccccc1. The minimum absolute atomic E-state index is 0.0804. The molecule has 0 aliphatic carbocycles. The summed E-state index contributed by atoms with van der Waals surface area (Å²) in [4.78, 5) is 60.2. The molecule has 0 aliphatic rings. The molecule has 0 saturated carbocycles. The Morgan fingerprint density at radius 3 is 2.10 bits per heavy atom. The molecule has 212 valence electrons. The maximum absolute atomic E-state index is 13.4. The van der Waals surface area contributed by atoms with E-state index in [0.717, 1.165) is 23.8 Å². The molecule has 0 aromatic heterocycles. The number of carbonyl (C=O) groups is 4. The maximum Gasteiger partial charge on any atom is 0.336 e. The number of hydrogen-bond donors (Lipinski definition) is 4. The molecule has 12 heteroatoms. The lowest BCUT2D eigenvalue weighted by molar-refractivity contribution is -0.384. The normalized spacial score (nSPS) is 11.3. The summed E-state index contributed by atoms with van der Waals surface area (Å²) < 4.78 is 0. The Morgan fingerprint density at radius 2 is 1.50 bits per heavy atom. The number of aromatic carboxylic acids is 2. The van der Waals surface area contributed by atoms with Crippen LogP contribution in [-0.2, 0) is 4.79 Å². The van der Waals surface area contributed by atoms with Crippen LogP contribution in [0, 0.1) is 17.0 Å². The second-order valence-electron chi connectivity index (χ2n) is 9.00. The standard InChI is InChI=1S/C30H23N3O8S/c1-17-15-21(33(40)41)10-14-25(17)32-28(35)26(18-5-3-2-4-6-18)42-22-11-8-20(9-12-22)31-27(34)23-13-7-19(29(36)37)16-24(23)30(38)39/h2-16,26H,1H3,(H,31,34)(H,32,35)(H,36,37)(H,38,39). The van der Waals surface area contributed by atoms with E-state index in [1.165, 1.54) is 30.0 Å². The molecular formula is C30H23N3O8S. The number of hydrogen-bond acceptors (Lipinski definition) is 7. The molecule has 4 rings (SSSR count). The fourth-order valence-electron chi connectivity index (χ4n) is 4.00. The Labute approximate surface area is 243 Å². The van der Waals surface area contributed by atoms with Gasteiger partial charge in [0.1, 0.15) is 5.25 Å².